The highest BCUT2D eigenvalue weighted by atomic mass is 32.1. The molecule has 0 aliphatic rings. The molecule has 2 aromatic heterocycles. The number of thiazole rings is 1. The van der Waals surface area contributed by atoms with E-state index in [1.165, 1.54) is 22.5 Å². The molecule has 0 saturated heterocycles. The van der Waals surface area contributed by atoms with E-state index in [1.54, 1.807) is 11.4 Å². The molecule has 7 heteroatoms. The number of rotatable bonds is 6. The molecular formula is C24H26N4O2S. The van der Waals surface area contributed by atoms with Gasteiger partial charge >= 0.3 is 0 Å². The normalized spacial score (nSPS) is 12.3. The third kappa shape index (κ3) is 4.32. The molecule has 4 rings (SSSR count). The summed E-state index contributed by atoms with van der Waals surface area (Å²) in [6.07, 6.45) is -0.680. The largest absolute Gasteiger partial charge is 0.481 e. The smallest absolute Gasteiger partial charge is 0.267 e. The van der Waals surface area contributed by atoms with Gasteiger partial charge in [0.05, 0.1) is 5.69 Å². The highest BCUT2D eigenvalue weighted by molar-refractivity contribution is 7.15. The van der Waals surface area contributed by atoms with E-state index in [2.05, 4.69) is 61.3 Å². The molecule has 31 heavy (non-hydrogen) atoms. The maximum absolute atomic E-state index is 12.7. The fraction of sp³-hybridized carbons (Fsp3) is 0.292. The minimum atomic E-state index is -0.680. The second-order valence-corrected chi connectivity index (χ2v) is 8.85. The Morgan fingerprint density at radius 2 is 1.90 bits per heavy atom. The van der Waals surface area contributed by atoms with Crippen LogP contribution in [0.25, 0.3) is 16.2 Å². The molecule has 0 fully saturated rings. The molecule has 1 N–H and O–H groups in total. The molecule has 2 heterocycles. The lowest BCUT2D eigenvalue weighted by atomic mass is 10.0. The van der Waals surface area contributed by atoms with Crippen molar-refractivity contribution in [3.05, 3.63) is 64.5 Å². The van der Waals surface area contributed by atoms with E-state index >= 15 is 0 Å². The second-order valence-electron chi connectivity index (χ2n) is 8.01. The first-order valence-corrected chi connectivity index (χ1v) is 11.2. The topological polar surface area (TPSA) is 68.5 Å². The van der Waals surface area contributed by atoms with Crippen molar-refractivity contribution in [3.63, 3.8) is 0 Å². The fourth-order valence-electron chi connectivity index (χ4n) is 3.54. The van der Waals surface area contributed by atoms with Gasteiger partial charge in [-0.1, -0.05) is 55.8 Å². The number of ether oxygens (including phenoxy) is 1. The van der Waals surface area contributed by atoms with E-state index in [1.807, 2.05) is 29.6 Å². The molecule has 1 atom stereocenters. The Morgan fingerprint density at radius 3 is 2.65 bits per heavy atom. The number of aromatic nitrogens is 3. The first-order chi connectivity index (χ1) is 14.8. The van der Waals surface area contributed by atoms with Crippen LogP contribution in [0.5, 0.6) is 5.75 Å². The van der Waals surface area contributed by atoms with E-state index in [0.717, 1.165) is 27.5 Å². The summed E-state index contributed by atoms with van der Waals surface area (Å²) in [4.78, 5) is 17.9. The Hall–Kier alpha value is -3.19. The summed E-state index contributed by atoms with van der Waals surface area (Å²) in [6, 6.07) is 14.1. The van der Waals surface area contributed by atoms with Gasteiger partial charge in [-0.25, -0.2) is 4.52 Å². The molecule has 0 aliphatic heterocycles. The molecule has 160 valence electrons. The number of nitrogens with zero attached hydrogens (tertiary/aromatic N) is 3. The first-order valence-electron chi connectivity index (χ1n) is 10.3. The van der Waals surface area contributed by atoms with Crippen LogP contribution in [0.4, 0.5) is 5.95 Å². The third-order valence-electron chi connectivity index (χ3n) is 5.19. The van der Waals surface area contributed by atoms with Gasteiger partial charge in [0.1, 0.15) is 5.75 Å². The number of hydrogen-bond acceptors (Lipinski definition) is 5. The Morgan fingerprint density at radius 1 is 1.13 bits per heavy atom. The Labute approximate surface area is 185 Å². The summed E-state index contributed by atoms with van der Waals surface area (Å²) in [6.45, 7) is 10.1. The molecule has 0 spiro atoms. The zero-order chi connectivity index (χ0) is 22.1. The van der Waals surface area contributed by atoms with Crippen LogP contribution in [-0.4, -0.2) is 26.6 Å². The minimum Gasteiger partial charge on any atom is -0.481 e. The van der Waals surface area contributed by atoms with Crippen molar-refractivity contribution >= 4 is 28.2 Å². The zero-order valence-corrected chi connectivity index (χ0v) is 19.2. The van der Waals surface area contributed by atoms with Crippen LogP contribution in [0.2, 0.25) is 0 Å². The highest BCUT2D eigenvalue weighted by Crippen LogP contribution is 2.29. The van der Waals surface area contributed by atoms with E-state index < -0.39 is 6.10 Å². The van der Waals surface area contributed by atoms with Crippen LogP contribution in [0.3, 0.4) is 0 Å². The van der Waals surface area contributed by atoms with Gasteiger partial charge in [-0.05, 0) is 43.9 Å². The number of hydrogen-bond donors (Lipinski definition) is 1. The molecule has 0 radical (unpaired) electrons. The number of carbonyl (C=O) groups excluding carboxylic acids is 1. The lowest BCUT2D eigenvalue weighted by Gasteiger charge is -2.18. The van der Waals surface area contributed by atoms with Crippen LogP contribution >= 0.6 is 11.3 Å². The van der Waals surface area contributed by atoms with Gasteiger partial charge in [0, 0.05) is 10.9 Å². The van der Waals surface area contributed by atoms with Crippen molar-refractivity contribution in [2.45, 2.75) is 46.6 Å². The number of para-hydroxylation sites is 1. The van der Waals surface area contributed by atoms with Crippen molar-refractivity contribution in [1.82, 2.24) is 14.6 Å². The van der Waals surface area contributed by atoms with Crippen LogP contribution in [0.1, 0.15) is 43.4 Å². The monoisotopic (exact) mass is 434 g/mol. The van der Waals surface area contributed by atoms with Gasteiger partial charge in [0.15, 0.2) is 6.10 Å². The van der Waals surface area contributed by atoms with Gasteiger partial charge in [-0.15, -0.1) is 16.4 Å². The molecule has 1 amide bonds. The van der Waals surface area contributed by atoms with Gasteiger partial charge < -0.3 is 4.74 Å². The van der Waals surface area contributed by atoms with Crippen LogP contribution < -0.4 is 10.1 Å². The van der Waals surface area contributed by atoms with Crippen LogP contribution in [0, 0.1) is 13.8 Å². The van der Waals surface area contributed by atoms with Crippen molar-refractivity contribution in [3.8, 4) is 17.0 Å². The molecule has 4 aromatic rings. The van der Waals surface area contributed by atoms with Crippen LogP contribution in [-0.2, 0) is 4.79 Å². The molecule has 2 aromatic carbocycles. The van der Waals surface area contributed by atoms with E-state index in [9.17, 15) is 4.79 Å². The average molecular weight is 435 g/mol. The number of fused-ring (bicyclic) bond motifs is 1. The molecule has 0 bridgehead atoms. The molecule has 0 saturated carbocycles. The van der Waals surface area contributed by atoms with Gasteiger partial charge in [0.25, 0.3) is 11.9 Å². The van der Waals surface area contributed by atoms with Gasteiger partial charge in [0.2, 0.25) is 4.96 Å². The number of carbonyl (C=O) groups is 1. The van der Waals surface area contributed by atoms with Gasteiger partial charge in [-0.2, -0.15) is 4.98 Å². The summed E-state index contributed by atoms with van der Waals surface area (Å²) in [7, 11) is 0. The Balaban J connectivity index is 1.52. The second kappa shape index (κ2) is 8.51. The SMILES string of the molecule is Cc1ccc(-c2csc3nc(NC(=O)C(C)Oc4ccccc4C(C)C)nn23)c(C)c1. The standard InChI is InChI=1S/C24H26N4O2S/c1-14(2)18-8-6-7-9-21(18)30-17(5)22(29)25-23-26-24-28(27-23)20(13-31-24)19-11-10-15(3)12-16(19)4/h6-14,17H,1-5H3,(H,25,27,29). The van der Waals surface area contributed by atoms with Crippen LogP contribution in [0.15, 0.2) is 47.8 Å². The summed E-state index contributed by atoms with van der Waals surface area (Å²) in [5.74, 6) is 1.01. The summed E-state index contributed by atoms with van der Waals surface area (Å²) >= 11 is 1.49. The number of amides is 1. The molecular weight excluding hydrogens is 408 g/mol. The number of aryl methyl sites for hydroxylation is 2. The van der Waals surface area contributed by atoms with Crippen molar-refractivity contribution in [2.24, 2.45) is 0 Å². The van der Waals surface area contributed by atoms with Gasteiger partial charge in [-0.3, -0.25) is 10.1 Å². The number of anilines is 1. The molecule has 6 nitrogen and oxygen atoms in total. The highest BCUT2D eigenvalue weighted by Gasteiger charge is 2.20. The lowest BCUT2D eigenvalue weighted by molar-refractivity contribution is -0.122. The Kier molecular flexibility index (Phi) is 5.78. The lowest BCUT2D eigenvalue weighted by Crippen LogP contribution is -2.31. The molecule has 1 unspecified atom stereocenters. The van der Waals surface area contributed by atoms with Crippen molar-refractivity contribution in [2.75, 3.05) is 5.32 Å². The number of benzene rings is 2. The minimum absolute atomic E-state index is 0.274. The predicted molar refractivity (Wildman–Crippen MR) is 125 cm³/mol. The summed E-state index contributed by atoms with van der Waals surface area (Å²) in [5, 5.41) is 9.34. The van der Waals surface area contributed by atoms with Crippen molar-refractivity contribution < 1.29 is 9.53 Å². The maximum Gasteiger partial charge on any atom is 0.267 e. The third-order valence-corrected chi connectivity index (χ3v) is 6.00. The average Bonchev–Trinajstić information content (AvgIpc) is 3.28. The number of nitrogens with one attached hydrogen (secondary N) is 1. The van der Waals surface area contributed by atoms with E-state index in [-0.39, 0.29) is 11.9 Å². The molecule has 0 aliphatic carbocycles. The Bertz CT molecular complexity index is 1240. The van der Waals surface area contributed by atoms with Crippen molar-refractivity contribution in [1.29, 1.82) is 0 Å². The predicted octanol–water partition coefficient (Wildman–Crippen LogP) is 5.60. The first kappa shape index (κ1) is 21.1. The fourth-order valence-corrected chi connectivity index (χ4v) is 4.36. The van der Waals surface area contributed by atoms with E-state index in [4.69, 9.17) is 4.74 Å². The maximum atomic E-state index is 12.7. The summed E-state index contributed by atoms with van der Waals surface area (Å²) in [5.41, 5.74) is 5.52. The summed E-state index contributed by atoms with van der Waals surface area (Å²) < 4.78 is 7.72. The van der Waals surface area contributed by atoms with E-state index in [0.29, 0.717) is 5.92 Å². The zero-order valence-electron chi connectivity index (χ0n) is 18.3. The quantitative estimate of drug-likeness (QED) is 0.429.